The van der Waals surface area contributed by atoms with E-state index in [4.69, 9.17) is 0 Å². The summed E-state index contributed by atoms with van der Waals surface area (Å²) >= 11 is 1.47. The summed E-state index contributed by atoms with van der Waals surface area (Å²) in [5, 5.41) is 7.98. The number of fused-ring (bicyclic) bond motifs is 1. The molecule has 8 heteroatoms. The van der Waals surface area contributed by atoms with Crippen LogP contribution in [0.25, 0.3) is 5.78 Å². The summed E-state index contributed by atoms with van der Waals surface area (Å²) in [6.07, 6.45) is 5.63. The number of pyridine rings is 1. The molecule has 0 spiro atoms. The summed E-state index contributed by atoms with van der Waals surface area (Å²) in [5.74, 6) is 0.505. The monoisotopic (exact) mass is 342 g/mol. The number of aromatic nitrogens is 5. The number of aryl methyl sites for hydroxylation is 2. The molecule has 0 aliphatic rings. The van der Waals surface area contributed by atoms with Gasteiger partial charge in [0.15, 0.2) is 0 Å². The quantitative estimate of drug-likeness (QED) is 0.711. The first-order chi connectivity index (χ1) is 11.6. The van der Waals surface area contributed by atoms with Crippen LogP contribution in [0.3, 0.4) is 0 Å². The minimum Gasteiger partial charge on any atom is -0.352 e. The largest absolute Gasteiger partial charge is 0.352 e. The number of rotatable bonds is 5. The van der Waals surface area contributed by atoms with Crippen molar-refractivity contribution in [3.05, 3.63) is 47.0 Å². The highest BCUT2D eigenvalue weighted by molar-refractivity contribution is 7.98. The van der Waals surface area contributed by atoms with Crippen molar-refractivity contribution in [2.45, 2.75) is 32.0 Å². The second-order valence-corrected chi connectivity index (χ2v) is 6.16. The Kier molecular flexibility index (Phi) is 4.75. The molecule has 0 saturated carbocycles. The number of carbonyl (C=O) groups is 1. The van der Waals surface area contributed by atoms with Gasteiger partial charge in [-0.3, -0.25) is 9.78 Å². The minimum absolute atomic E-state index is 0.0589. The van der Waals surface area contributed by atoms with Crippen molar-refractivity contribution in [1.29, 1.82) is 0 Å². The van der Waals surface area contributed by atoms with Gasteiger partial charge in [-0.1, -0.05) is 17.8 Å². The minimum atomic E-state index is -0.0589. The van der Waals surface area contributed by atoms with E-state index < -0.39 is 0 Å². The van der Waals surface area contributed by atoms with Crippen LogP contribution in [0.1, 0.15) is 22.5 Å². The van der Waals surface area contributed by atoms with Crippen LogP contribution < -0.4 is 5.32 Å². The van der Waals surface area contributed by atoms with Crippen molar-refractivity contribution in [2.24, 2.45) is 0 Å². The van der Waals surface area contributed by atoms with E-state index in [-0.39, 0.29) is 12.3 Å². The predicted molar refractivity (Wildman–Crippen MR) is 91.8 cm³/mol. The Morgan fingerprint density at radius 1 is 1.33 bits per heavy atom. The molecule has 0 aromatic carbocycles. The lowest BCUT2D eigenvalue weighted by Crippen LogP contribution is -2.26. The Balaban J connectivity index is 1.77. The average Bonchev–Trinajstić information content (AvgIpc) is 3.01. The zero-order chi connectivity index (χ0) is 17.1. The third-order valence-corrected chi connectivity index (χ3v) is 4.30. The van der Waals surface area contributed by atoms with E-state index in [0.29, 0.717) is 17.5 Å². The Hall–Kier alpha value is -2.48. The van der Waals surface area contributed by atoms with Gasteiger partial charge in [-0.15, -0.1) is 5.10 Å². The van der Waals surface area contributed by atoms with Gasteiger partial charge in [0, 0.05) is 35.9 Å². The fourth-order valence-electron chi connectivity index (χ4n) is 2.46. The summed E-state index contributed by atoms with van der Waals surface area (Å²) in [5.41, 5.74) is 3.54. The Bertz CT molecular complexity index is 877. The number of amides is 1. The summed E-state index contributed by atoms with van der Waals surface area (Å²) in [7, 11) is 0. The van der Waals surface area contributed by atoms with Gasteiger partial charge in [-0.05, 0) is 31.7 Å². The third kappa shape index (κ3) is 3.38. The maximum Gasteiger partial charge on any atom is 0.253 e. The van der Waals surface area contributed by atoms with Crippen LogP contribution in [0.5, 0.6) is 0 Å². The molecular formula is C16H18N6OS. The van der Waals surface area contributed by atoms with Gasteiger partial charge in [-0.25, -0.2) is 9.50 Å². The number of hydrogen-bond acceptors (Lipinski definition) is 6. The number of nitrogens with zero attached hydrogens (tertiary/aromatic N) is 5. The predicted octanol–water partition coefficient (Wildman–Crippen LogP) is 1.72. The second-order valence-electron chi connectivity index (χ2n) is 5.39. The highest BCUT2D eigenvalue weighted by Gasteiger charge is 2.15. The Morgan fingerprint density at radius 2 is 2.17 bits per heavy atom. The van der Waals surface area contributed by atoms with Crippen LogP contribution in [0, 0.1) is 13.8 Å². The van der Waals surface area contributed by atoms with E-state index in [1.165, 1.54) is 11.8 Å². The molecule has 0 bridgehead atoms. The highest BCUT2D eigenvalue weighted by atomic mass is 32.2. The molecule has 1 N–H and O–H groups in total. The van der Waals surface area contributed by atoms with Crippen molar-refractivity contribution in [3.63, 3.8) is 0 Å². The van der Waals surface area contributed by atoms with E-state index in [9.17, 15) is 4.79 Å². The molecule has 7 nitrogen and oxygen atoms in total. The van der Waals surface area contributed by atoms with Crippen molar-refractivity contribution in [3.8, 4) is 0 Å². The van der Waals surface area contributed by atoms with E-state index in [1.807, 2.05) is 32.2 Å². The van der Waals surface area contributed by atoms with Gasteiger partial charge in [0.2, 0.25) is 11.1 Å². The first-order valence-electron chi connectivity index (χ1n) is 7.51. The van der Waals surface area contributed by atoms with Gasteiger partial charge in [0.25, 0.3) is 5.78 Å². The van der Waals surface area contributed by atoms with Crippen LogP contribution in [0.2, 0.25) is 0 Å². The van der Waals surface area contributed by atoms with Crippen molar-refractivity contribution < 1.29 is 4.79 Å². The van der Waals surface area contributed by atoms with Crippen LogP contribution in [-0.4, -0.2) is 36.7 Å². The molecule has 1 amide bonds. The summed E-state index contributed by atoms with van der Waals surface area (Å²) in [6.45, 7) is 4.29. The maximum absolute atomic E-state index is 12.3. The van der Waals surface area contributed by atoms with E-state index in [0.717, 1.165) is 22.5 Å². The van der Waals surface area contributed by atoms with Gasteiger partial charge in [-0.2, -0.15) is 4.98 Å². The molecule has 0 saturated heterocycles. The molecular weight excluding hydrogens is 324 g/mol. The van der Waals surface area contributed by atoms with Gasteiger partial charge in [0.05, 0.1) is 6.42 Å². The molecule has 0 radical (unpaired) electrons. The molecule has 3 aromatic rings. The third-order valence-electron chi connectivity index (χ3n) is 3.76. The molecule has 124 valence electrons. The summed E-state index contributed by atoms with van der Waals surface area (Å²) in [6, 6.07) is 3.78. The van der Waals surface area contributed by atoms with Crippen LogP contribution in [-0.2, 0) is 17.8 Å². The first kappa shape index (κ1) is 16.4. The van der Waals surface area contributed by atoms with E-state index in [2.05, 4.69) is 25.4 Å². The van der Waals surface area contributed by atoms with E-state index >= 15 is 0 Å². The van der Waals surface area contributed by atoms with Crippen LogP contribution in [0.15, 0.2) is 29.7 Å². The smallest absolute Gasteiger partial charge is 0.253 e. The fraction of sp³-hybridized carbons (Fsp3) is 0.312. The molecule has 3 aromatic heterocycles. The summed E-state index contributed by atoms with van der Waals surface area (Å²) in [4.78, 5) is 25.1. The van der Waals surface area contributed by atoms with Crippen molar-refractivity contribution >= 4 is 23.4 Å². The Morgan fingerprint density at radius 3 is 2.88 bits per heavy atom. The lowest BCUT2D eigenvalue weighted by molar-refractivity contribution is -0.120. The van der Waals surface area contributed by atoms with Gasteiger partial charge < -0.3 is 5.32 Å². The highest BCUT2D eigenvalue weighted by Crippen LogP contribution is 2.17. The lowest BCUT2D eigenvalue weighted by Gasteiger charge is -2.10. The molecule has 0 aliphatic heterocycles. The molecule has 0 atom stereocenters. The maximum atomic E-state index is 12.3. The number of thioether (sulfide) groups is 1. The number of carbonyl (C=O) groups excluding carboxylic acids is 1. The second kappa shape index (κ2) is 6.96. The molecule has 0 fully saturated rings. The van der Waals surface area contributed by atoms with Crippen molar-refractivity contribution in [1.82, 2.24) is 29.9 Å². The zero-order valence-corrected chi connectivity index (χ0v) is 14.6. The fourth-order valence-corrected chi connectivity index (χ4v) is 2.79. The standard InChI is InChI=1S/C16H18N6OS/c1-10-13(7-14(23)18-9-12-5-4-6-17-8-12)11(2)22-15(19-10)20-16(21-22)24-3/h4-6,8H,7,9H2,1-3H3,(H,18,23). The molecule has 3 heterocycles. The van der Waals surface area contributed by atoms with Crippen LogP contribution >= 0.6 is 11.8 Å². The van der Waals surface area contributed by atoms with Gasteiger partial charge >= 0.3 is 0 Å². The zero-order valence-electron chi connectivity index (χ0n) is 13.8. The average molecular weight is 342 g/mol. The SMILES string of the molecule is CSc1nc2nc(C)c(CC(=O)NCc3cccnc3)c(C)n2n1. The number of nitrogens with one attached hydrogen (secondary N) is 1. The molecule has 24 heavy (non-hydrogen) atoms. The molecule has 0 aliphatic carbocycles. The van der Waals surface area contributed by atoms with Crippen molar-refractivity contribution in [2.75, 3.05) is 6.26 Å². The lowest BCUT2D eigenvalue weighted by atomic mass is 10.1. The van der Waals surface area contributed by atoms with E-state index in [1.54, 1.807) is 16.9 Å². The Labute approximate surface area is 143 Å². The van der Waals surface area contributed by atoms with Gasteiger partial charge in [0.1, 0.15) is 0 Å². The normalized spacial score (nSPS) is 11.0. The molecule has 3 rings (SSSR count). The topological polar surface area (TPSA) is 85.1 Å². The van der Waals surface area contributed by atoms with Crippen LogP contribution in [0.4, 0.5) is 0 Å². The number of hydrogen-bond donors (Lipinski definition) is 1. The summed E-state index contributed by atoms with van der Waals surface area (Å²) < 4.78 is 1.70. The molecule has 0 unspecified atom stereocenters. The first-order valence-corrected chi connectivity index (χ1v) is 8.73.